The standard InChI is InChI=1S/C13H27NO3/c1-11(10-17-3)14(7-8-16-2)12-5-4-6-13(15)9-12/h11-13,15H,4-10H2,1-3H3. The summed E-state index contributed by atoms with van der Waals surface area (Å²) in [4.78, 5) is 2.43. The van der Waals surface area contributed by atoms with Gasteiger partial charge in [-0.15, -0.1) is 0 Å². The Balaban J connectivity index is 2.53. The number of aliphatic hydroxyl groups excluding tert-OH is 1. The lowest BCUT2D eigenvalue weighted by atomic mass is 9.91. The summed E-state index contributed by atoms with van der Waals surface area (Å²) in [6.07, 6.45) is 4.00. The Hall–Kier alpha value is -0.160. The Labute approximate surface area is 105 Å². The summed E-state index contributed by atoms with van der Waals surface area (Å²) in [5.41, 5.74) is 0. The average Bonchev–Trinajstić information content (AvgIpc) is 2.30. The van der Waals surface area contributed by atoms with E-state index in [9.17, 15) is 5.11 Å². The summed E-state index contributed by atoms with van der Waals surface area (Å²) in [6, 6.07) is 0.851. The van der Waals surface area contributed by atoms with Crippen LogP contribution in [0.3, 0.4) is 0 Å². The van der Waals surface area contributed by atoms with Crippen LogP contribution in [0, 0.1) is 0 Å². The molecule has 0 radical (unpaired) electrons. The van der Waals surface area contributed by atoms with Gasteiger partial charge in [0.2, 0.25) is 0 Å². The normalized spacial score (nSPS) is 27.4. The van der Waals surface area contributed by atoms with E-state index in [4.69, 9.17) is 9.47 Å². The molecule has 0 heterocycles. The Morgan fingerprint density at radius 2 is 2.06 bits per heavy atom. The van der Waals surface area contributed by atoms with Gasteiger partial charge in [0, 0.05) is 32.8 Å². The molecule has 17 heavy (non-hydrogen) atoms. The molecule has 0 spiro atoms. The third kappa shape index (κ3) is 4.92. The minimum Gasteiger partial charge on any atom is -0.393 e. The van der Waals surface area contributed by atoms with E-state index in [0.717, 1.165) is 39.0 Å². The van der Waals surface area contributed by atoms with E-state index in [1.807, 2.05) is 0 Å². The van der Waals surface area contributed by atoms with E-state index in [-0.39, 0.29) is 6.10 Å². The number of hydrogen-bond acceptors (Lipinski definition) is 4. The molecule has 0 aromatic carbocycles. The van der Waals surface area contributed by atoms with Crippen molar-refractivity contribution in [1.82, 2.24) is 4.90 Å². The van der Waals surface area contributed by atoms with E-state index < -0.39 is 0 Å². The molecule has 102 valence electrons. The molecule has 0 aromatic rings. The predicted molar refractivity (Wildman–Crippen MR) is 68.2 cm³/mol. The fourth-order valence-corrected chi connectivity index (χ4v) is 2.74. The fourth-order valence-electron chi connectivity index (χ4n) is 2.74. The molecule has 0 bridgehead atoms. The van der Waals surface area contributed by atoms with E-state index in [2.05, 4.69) is 11.8 Å². The lowest BCUT2D eigenvalue weighted by Crippen LogP contribution is -2.48. The first-order chi connectivity index (χ1) is 8.19. The first-order valence-corrected chi connectivity index (χ1v) is 6.60. The highest BCUT2D eigenvalue weighted by Crippen LogP contribution is 2.24. The van der Waals surface area contributed by atoms with Gasteiger partial charge in [0.15, 0.2) is 0 Å². The molecule has 3 unspecified atom stereocenters. The van der Waals surface area contributed by atoms with Crippen LogP contribution in [-0.4, -0.2) is 62.2 Å². The second-order valence-corrected chi connectivity index (χ2v) is 5.01. The molecule has 4 nitrogen and oxygen atoms in total. The van der Waals surface area contributed by atoms with Gasteiger partial charge in [-0.1, -0.05) is 0 Å². The quantitative estimate of drug-likeness (QED) is 0.733. The van der Waals surface area contributed by atoms with Crippen molar-refractivity contribution in [2.75, 3.05) is 34.0 Å². The maximum atomic E-state index is 9.78. The monoisotopic (exact) mass is 245 g/mol. The van der Waals surface area contributed by atoms with Crippen LogP contribution in [-0.2, 0) is 9.47 Å². The molecule has 0 amide bonds. The molecule has 0 aromatic heterocycles. The summed E-state index contributed by atoms with van der Waals surface area (Å²) in [7, 11) is 3.47. The van der Waals surface area contributed by atoms with Gasteiger partial charge in [-0.25, -0.2) is 0 Å². The molecule has 1 aliphatic rings. The van der Waals surface area contributed by atoms with Gasteiger partial charge in [0.05, 0.1) is 19.3 Å². The first-order valence-electron chi connectivity index (χ1n) is 6.60. The van der Waals surface area contributed by atoms with Crippen molar-refractivity contribution in [3.05, 3.63) is 0 Å². The SMILES string of the molecule is COCCN(C(C)COC)C1CCCC(O)C1. The van der Waals surface area contributed by atoms with Crippen LogP contribution < -0.4 is 0 Å². The second-order valence-electron chi connectivity index (χ2n) is 5.01. The molecule has 0 aliphatic heterocycles. The maximum Gasteiger partial charge on any atom is 0.0615 e. The topological polar surface area (TPSA) is 41.9 Å². The van der Waals surface area contributed by atoms with Crippen molar-refractivity contribution in [3.63, 3.8) is 0 Å². The minimum absolute atomic E-state index is 0.131. The van der Waals surface area contributed by atoms with Gasteiger partial charge in [-0.3, -0.25) is 4.90 Å². The highest BCUT2D eigenvalue weighted by molar-refractivity contribution is 4.83. The minimum atomic E-state index is -0.131. The van der Waals surface area contributed by atoms with Gasteiger partial charge in [-0.05, 0) is 32.6 Å². The van der Waals surface area contributed by atoms with Crippen LogP contribution >= 0.6 is 0 Å². The zero-order valence-electron chi connectivity index (χ0n) is 11.4. The van der Waals surface area contributed by atoms with E-state index in [1.54, 1.807) is 14.2 Å². The van der Waals surface area contributed by atoms with Crippen molar-refractivity contribution in [2.24, 2.45) is 0 Å². The van der Waals surface area contributed by atoms with Gasteiger partial charge in [-0.2, -0.15) is 0 Å². The molecule has 1 N–H and O–H groups in total. The summed E-state index contributed by atoms with van der Waals surface area (Å²) in [5.74, 6) is 0. The second kappa shape index (κ2) is 8.03. The number of hydrogen-bond donors (Lipinski definition) is 1. The first kappa shape index (κ1) is 14.9. The molecule has 1 saturated carbocycles. The lowest BCUT2D eigenvalue weighted by Gasteiger charge is -2.39. The zero-order chi connectivity index (χ0) is 12.7. The molecular formula is C13H27NO3. The van der Waals surface area contributed by atoms with Crippen molar-refractivity contribution >= 4 is 0 Å². The number of ether oxygens (including phenoxy) is 2. The number of methoxy groups -OCH3 is 2. The summed E-state index contributed by atoms with van der Waals surface area (Å²) >= 11 is 0. The van der Waals surface area contributed by atoms with Crippen molar-refractivity contribution < 1.29 is 14.6 Å². The molecule has 0 saturated heterocycles. The largest absolute Gasteiger partial charge is 0.393 e. The van der Waals surface area contributed by atoms with E-state index in [1.165, 1.54) is 6.42 Å². The molecular weight excluding hydrogens is 218 g/mol. The Bertz CT molecular complexity index is 201. The Kier molecular flexibility index (Phi) is 7.04. The number of rotatable bonds is 7. The van der Waals surface area contributed by atoms with Crippen LogP contribution in [0.15, 0.2) is 0 Å². The summed E-state index contributed by atoms with van der Waals surface area (Å²) in [6.45, 7) is 4.56. The Morgan fingerprint density at radius 1 is 1.29 bits per heavy atom. The third-order valence-electron chi connectivity index (χ3n) is 3.62. The van der Waals surface area contributed by atoms with Crippen LogP contribution in [0.5, 0.6) is 0 Å². The van der Waals surface area contributed by atoms with E-state index >= 15 is 0 Å². The highest BCUT2D eigenvalue weighted by atomic mass is 16.5. The van der Waals surface area contributed by atoms with Gasteiger partial charge in [0.1, 0.15) is 0 Å². The zero-order valence-corrected chi connectivity index (χ0v) is 11.4. The van der Waals surface area contributed by atoms with Crippen LogP contribution in [0.4, 0.5) is 0 Å². The van der Waals surface area contributed by atoms with Gasteiger partial charge >= 0.3 is 0 Å². The summed E-state index contributed by atoms with van der Waals surface area (Å²) < 4.78 is 10.4. The van der Waals surface area contributed by atoms with Crippen molar-refractivity contribution in [1.29, 1.82) is 0 Å². The lowest BCUT2D eigenvalue weighted by molar-refractivity contribution is 0.00737. The molecule has 3 atom stereocenters. The smallest absolute Gasteiger partial charge is 0.0615 e. The fraction of sp³-hybridized carbons (Fsp3) is 1.00. The molecule has 4 heteroatoms. The van der Waals surface area contributed by atoms with Crippen LogP contribution in [0.25, 0.3) is 0 Å². The van der Waals surface area contributed by atoms with Crippen molar-refractivity contribution in [2.45, 2.75) is 50.8 Å². The summed E-state index contributed by atoms with van der Waals surface area (Å²) in [5, 5.41) is 9.78. The number of aliphatic hydroxyl groups is 1. The highest BCUT2D eigenvalue weighted by Gasteiger charge is 2.28. The molecule has 1 fully saturated rings. The van der Waals surface area contributed by atoms with E-state index in [0.29, 0.717) is 12.1 Å². The predicted octanol–water partition coefficient (Wildman–Crippen LogP) is 1.27. The number of nitrogens with zero attached hydrogens (tertiary/aromatic N) is 1. The van der Waals surface area contributed by atoms with Crippen LogP contribution in [0.1, 0.15) is 32.6 Å². The third-order valence-corrected chi connectivity index (χ3v) is 3.62. The average molecular weight is 245 g/mol. The van der Waals surface area contributed by atoms with Crippen molar-refractivity contribution in [3.8, 4) is 0 Å². The molecule has 1 aliphatic carbocycles. The molecule has 1 rings (SSSR count). The maximum absolute atomic E-state index is 9.78. The van der Waals surface area contributed by atoms with Gasteiger partial charge in [0.25, 0.3) is 0 Å². The van der Waals surface area contributed by atoms with Crippen LogP contribution in [0.2, 0.25) is 0 Å². The van der Waals surface area contributed by atoms with Gasteiger partial charge < -0.3 is 14.6 Å². The Morgan fingerprint density at radius 3 is 2.65 bits per heavy atom.